The molecule has 0 atom stereocenters. The van der Waals surface area contributed by atoms with E-state index in [9.17, 15) is 9.50 Å². The van der Waals surface area contributed by atoms with Gasteiger partial charge in [0.1, 0.15) is 5.82 Å². The van der Waals surface area contributed by atoms with Crippen molar-refractivity contribution >= 4 is 35.6 Å². The Morgan fingerprint density at radius 1 is 1.28 bits per heavy atom. The largest absolute Gasteiger partial charge is 0.393 e. The molecule has 1 aromatic rings. The van der Waals surface area contributed by atoms with Crippen LogP contribution in [0.1, 0.15) is 37.7 Å². The molecule has 5 nitrogen and oxygen atoms in total. The van der Waals surface area contributed by atoms with E-state index in [0.717, 1.165) is 18.0 Å². The molecule has 1 aliphatic carbocycles. The zero-order valence-electron chi connectivity index (χ0n) is 14.5. The van der Waals surface area contributed by atoms with E-state index in [-0.39, 0.29) is 35.9 Å². The van der Waals surface area contributed by atoms with E-state index in [1.165, 1.54) is 25.3 Å². The van der Waals surface area contributed by atoms with Gasteiger partial charge in [-0.05, 0) is 49.3 Å². The van der Waals surface area contributed by atoms with Crippen LogP contribution in [-0.2, 0) is 6.54 Å². The maximum absolute atomic E-state index is 14.4. The van der Waals surface area contributed by atoms with Gasteiger partial charge in [-0.1, -0.05) is 12.5 Å². The second kappa shape index (κ2) is 9.56. The highest BCUT2D eigenvalue weighted by molar-refractivity contribution is 14.0. The van der Waals surface area contributed by atoms with Gasteiger partial charge in [0.25, 0.3) is 0 Å². The van der Waals surface area contributed by atoms with Gasteiger partial charge >= 0.3 is 0 Å². The molecule has 1 saturated carbocycles. The normalized spacial score (nSPS) is 19.3. The van der Waals surface area contributed by atoms with Crippen LogP contribution in [0.4, 0.5) is 10.1 Å². The zero-order chi connectivity index (χ0) is 16.9. The Morgan fingerprint density at radius 2 is 2.00 bits per heavy atom. The quantitative estimate of drug-likeness (QED) is 0.358. The Bertz CT molecular complexity index is 586. The molecule has 2 fully saturated rings. The highest BCUT2D eigenvalue weighted by Crippen LogP contribution is 2.25. The first-order valence-electron chi connectivity index (χ1n) is 8.87. The Labute approximate surface area is 165 Å². The van der Waals surface area contributed by atoms with E-state index in [0.29, 0.717) is 44.1 Å². The first-order chi connectivity index (χ1) is 11.6. The summed E-state index contributed by atoms with van der Waals surface area (Å²) in [6, 6.07) is 5.23. The molecule has 0 spiro atoms. The number of hydrogen-bond acceptors (Lipinski definition) is 3. The Morgan fingerprint density at radius 3 is 2.60 bits per heavy atom. The predicted molar refractivity (Wildman–Crippen MR) is 110 cm³/mol. The Kier molecular flexibility index (Phi) is 7.74. The third kappa shape index (κ3) is 5.70. The summed E-state index contributed by atoms with van der Waals surface area (Å²) in [5, 5.41) is 12.7. The van der Waals surface area contributed by atoms with Gasteiger partial charge in [-0.3, -0.25) is 0 Å². The second-order valence-corrected chi connectivity index (χ2v) is 6.88. The van der Waals surface area contributed by atoms with E-state index in [1.807, 2.05) is 11.0 Å². The van der Waals surface area contributed by atoms with Crippen molar-refractivity contribution in [3.05, 3.63) is 29.6 Å². The lowest BCUT2D eigenvalue weighted by Gasteiger charge is -2.31. The molecule has 0 radical (unpaired) electrons. The monoisotopic (exact) mass is 462 g/mol. The molecule has 1 heterocycles. The number of nitrogens with zero attached hydrogens (tertiary/aromatic N) is 2. The molecule has 1 aliphatic heterocycles. The summed E-state index contributed by atoms with van der Waals surface area (Å²) in [5.74, 6) is 0.912. The van der Waals surface area contributed by atoms with Gasteiger partial charge in [0.2, 0.25) is 0 Å². The molecule has 0 aromatic heterocycles. The number of hydrogen-bond donors (Lipinski definition) is 3. The van der Waals surface area contributed by atoms with Gasteiger partial charge in [0.15, 0.2) is 5.96 Å². The smallest absolute Gasteiger partial charge is 0.188 e. The van der Waals surface area contributed by atoms with Gasteiger partial charge in [-0.25, -0.2) is 9.38 Å². The number of aliphatic hydroxyl groups excluding tert-OH is 1. The first kappa shape index (κ1) is 20.2. The van der Waals surface area contributed by atoms with E-state index in [4.69, 9.17) is 5.73 Å². The maximum Gasteiger partial charge on any atom is 0.188 e. The first-order valence-corrected chi connectivity index (χ1v) is 8.87. The lowest BCUT2D eigenvalue weighted by molar-refractivity contribution is 0.145. The van der Waals surface area contributed by atoms with Crippen molar-refractivity contribution in [2.75, 3.05) is 24.5 Å². The zero-order valence-corrected chi connectivity index (χ0v) is 16.8. The summed E-state index contributed by atoms with van der Waals surface area (Å²) in [5.41, 5.74) is 7.27. The van der Waals surface area contributed by atoms with Crippen LogP contribution >= 0.6 is 24.0 Å². The number of piperidine rings is 1. The minimum atomic E-state index is -0.256. The summed E-state index contributed by atoms with van der Waals surface area (Å²) in [7, 11) is 0. The molecule has 0 amide bonds. The van der Waals surface area contributed by atoms with Gasteiger partial charge < -0.3 is 21.1 Å². The molecule has 4 N–H and O–H groups in total. The molecule has 25 heavy (non-hydrogen) atoms. The van der Waals surface area contributed by atoms with E-state index in [2.05, 4.69) is 10.3 Å². The number of guanidine groups is 1. The Hall–Kier alpha value is -1.09. The van der Waals surface area contributed by atoms with Gasteiger partial charge in [0.05, 0.1) is 18.3 Å². The molecule has 140 valence electrons. The molecule has 0 unspecified atom stereocenters. The number of rotatable bonds is 5. The number of nitrogens with two attached hydrogens (primary N) is 1. The topological polar surface area (TPSA) is 73.9 Å². The SMILES string of the molecule is I.NC(=NCc1ccc(N2CCC(O)CC2)c(F)c1)NCC1CCC1. The van der Waals surface area contributed by atoms with Crippen LogP contribution in [0.25, 0.3) is 0 Å². The van der Waals surface area contributed by atoms with Crippen LogP contribution < -0.4 is 16.0 Å². The minimum Gasteiger partial charge on any atom is -0.393 e. The van der Waals surface area contributed by atoms with Gasteiger partial charge in [-0.15, -0.1) is 24.0 Å². The maximum atomic E-state index is 14.4. The summed E-state index contributed by atoms with van der Waals surface area (Å²) < 4.78 is 14.4. The van der Waals surface area contributed by atoms with Crippen molar-refractivity contribution in [1.29, 1.82) is 0 Å². The lowest BCUT2D eigenvalue weighted by Crippen LogP contribution is -2.37. The molecule has 7 heteroatoms. The fourth-order valence-corrected chi connectivity index (χ4v) is 3.19. The lowest BCUT2D eigenvalue weighted by atomic mass is 9.85. The van der Waals surface area contributed by atoms with E-state index >= 15 is 0 Å². The van der Waals surface area contributed by atoms with Gasteiger partial charge in [-0.2, -0.15) is 0 Å². The average molecular weight is 462 g/mol. The van der Waals surface area contributed by atoms with Crippen LogP contribution in [0.15, 0.2) is 23.2 Å². The van der Waals surface area contributed by atoms with Gasteiger partial charge in [0, 0.05) is 19.6 Å². The fraction of sp³-hybridized carbons (Fsp3) is 0.611. The van der Waals surface area contributed by atoms with Crippen molar-refractivity contribution in [1.82, 2.24) is 5.32 Å². The van der Waals surface area contributed by atoms with Crippen molar-refractivity contribution < 1.29 is 9.50 Å². The molecule has 1 aromatic carbocycles. The highest BCUT2D eigenvalue weighted by Gasteiger charge is 2.20. The standard InChI is InChI=1S/C18H27FN4O.HI/c19-16-10-14(12-22-18(20)21-11-13-2-1-3-13)4-5-17(16)23-8-6-15(24)7-9-23;/h4-5,10,13,15,24H,1-3,6-9,11-12H2,(H3,20,21,22);1H. The summed E-state index contributed by atoms with van der Waals surface area (Å²) >= 11 is 0. The molecular formula is C18H28FIN4O. The second-order valence-electron chi connectivity index (χ2n) is 6.88. The fourth-order valence-electron chi connectivity index (χ4n) is 3.19. The van der Waals surface area contributed by atoms with Crippen LogP contribution in [0.5, 0.6) is 0 Å². The van der Waals surface area contributed by atoms with E-state index < -0.39 is 0 Å². The van der Waals surface area contributed by atoms with Crippen molar-refractivity contribution in [3.8, 4) is 0 Å². The molecule has 2 aliphatic rings. The van der Waals surface area contributed by atoms with Crippen LogP contribution in [-0.4, -0.2) is 36.8 Å². The van der Waals surface area contributed by atoms with Crippen LogP contribution in [0, 0.1) is 11.7 Å². The van der Waals surface area contributed by atoms with Crippen LogP contribution in [0.3, 0.4) is 0 Å². The minimum absolute atomic E-state index is 0. The van der Waals surface area contributed by atoms with Crippen molar-refractivity contribution in [2.45, 2.75) is 44.8 Å². The number of nitrogens with one attached hydrogen (secondary N) is 1. The summed E-state index contributed by atoms with van der Waals surface area (Å²) in [4.78, 5) is 6.28. The van der Waals surface area contributed by atoms with Crippen molar-refractivity contribution in [2.24, 2.45) is 16.6 Å². The molecule has 3 rings (SSSR count). The number of aliphatic hydroxyl groups is 1. The van der Waals surface area contributed by atoms with Crippen LogP contribution in [0.2, 0.25) is 0 Å². The summed E-state index contributed by atoms with van der Waals surface area (Å²) in [6.45, 7) is 2.63. The Balaban J connectivity index is 0.00000225. The van der Waals surface area contributed by atoms with E-state index in [1.54, 1.807) is 6.07 Å². The third-order valence-electron chi connectivity index (χ3n) is 5.05. The molecular weight excluding hydrogens is 434 g/mol. The molecule has 0 bridgehead atoms. The van der Waals surface area contributed by atoms with Crippen molar-refractivity contribution in [3.63, 3.8) is 0 Å². The highest BCUT2D eigenvalue weighted by atomic mass is 127. The predicted octanol–water partition coefficient (Wildman–Crippen LogP) is 2.61. The summed E-state index contributed by atoms with van der Waals surface area (Å²) in [6.07, 6.45) is 4.96. The average Bonchev–Trinajstić information content (AvgIpc) is 2.53. The third-order valence-corrected chi connectivity index (χ3v) is 5.05. The number of aliphatic imine (C=N–C) groups is 1. The number of anilines is 1. The molecule has 1 saturated heterocycles. The number of benzene rings is 1. The number of halogens is 2.